The van der Waals surface area contributed by atoms with Gasteiger partial charge in [0.05, 0.1) is 12.0 Å². The van der Waals surface area contributed by atoms with Gasteiger partial charge in [0, 0.05) is 45.0 Å². The molecule has 0 amide bonds. The summed E-state index contributed by atoms with van der Waals surface area (Å²) in [5.41, 5.74) is 0.909. The maximum absolute atomic E-state index is 5.46. The minimum atomic E-state index is 0.503. The molecular weight excluding hydrogens is 266 g/mol. The Labute approximate surface area is 125 Å². The molecule has 0 aliphatic carbocycles. The normalized spacial score (nSPS) is 20.3. The lowest BCUT2D eigenvalue weighted by Gasteiger charge is -2.40. The van der Waals surface area contributed by atoms with Gasteiger partial charge in [0.15, 0.2) is 0 Å². The fourth-order valence-electron chi connectivity index (χ4n) is 2.96. The van der Waals surface area contributed by atoms with Crippen molar-refractivity contribution in [3.8, 4) is 0 Å². The highest BCUT2D eigenvalue weighted by atomic mass is 16.5. The summed E-state index contributed by atoms with van der Waals surface area (Å²) < 4.78 is 5.46. The predicted octanol–water partition coefficient (Wildman–Crippen LogP) is 1.50. The first-order chi connectivity index (χ1) is 10.3. The number of H-pyrrole nitrogens is 1. The van der Waals surface area contributed by atoms with E-state index >= 15 is 0 Å². The number of piperazine rings is 1. The van der Waals surface area contributed by atoms with Crippen LogP contribution in [0.4, 0.5) is 5.82 Å². The maximum Gasteiger partial charge on any atom is 0.142 e. The molecule has 1 aliphatic rings. The zero-order valence-electron chi connectivity index (χ0n) is 12.7. The molecule has 0 bridgehead atoms. The molecule has 2 aromatic rings. The van der Waals surface area contributed by atoms with Crippen molar-refractivity contribution >= 4 is 16.9 Å². The third-order valence-corrected chi connectivity index (χ3v) is 4.12. The monoisotopic (exact) mass is 289 g/mol. The number of aromatic nitrogens is 3. The molecule has 6 heteroatoms. The second-order valence-electron chi connectivity index (χ2n) is 5.47. The quantitative estimate of drug-likeness (QED) is 0.846. The maximum atomic E-state index is 5.46. The summed E-state index contributed by atoms with van der Waals surface area (Å²) in [6, 6.07) is 2.56. The Kier molecular flexibility index (Phi) is 4.36. The lowest BCUT2D eigenvalue weighted by molar-refractivity contribution is 0.0925. The van der Waals surface area contributed by atoms with Crippen LogP contribution in [0, 0.1) is 0 Å². The zero-order valence-corrected chi connectivity index (χ0v) is 12.7. The number of aromatic amines is 1. The van der Waals surface area contributed by atoms with Crippen LogP contribution < -0.4 is 4.90 Å². The highest BCUT2D eigenvalue weighted by molar-refractivity contribution is 5.87. The third kappa shape index (κ3) is 3.01. The molecule has 0 radical (unpaired) electrons. The molecule has 1 atom stereocenters. The van der Waals surface area contributed by atoms with Gasteiger partial charge in [-0.15, -0.1) is 0 Å². The van der Waals surface area contributed by atoms with Crippen LogP contribution in [-0.4, -0.2) is 65.3 Å². The van der Waals surface area contributed by atoms with Crippen LogP contribution in [0.3, 0.4) is 0 Å². The number of anilines is 1. The number of hydrogen-bond donors (Lipinski definition) is 1. The third-order valence-electron chi connectivity index (χ3n) is 4.12. The molecule has 114 valence electrons. The summed E-state index contributed by atoms with van der Waals surface area (Å²) in [5, 5.41) is 1.10. The van der Waals surface area contributed by atoms with E-state index in [0.29, 0.717) is 6.04 Å². The highest BCUT2D eigenvalue weighted by Gasteiger charge is 2.25. The Hall–Kier alpha value is -1.66. The Balaban J connectivity index is 1.68. The van der Waals surface area contributed by atoms with Gasteiger partial charge in [0.2, 0.25) is 0 Å². The number of nitrogens with one attached hydrogen (secondary N) is 1. The number of fused-ring (bicyclic) bond motifs is 1. The summed E-state index contributed by atoms with van der Waals surface area (Å²) in [5.74, 6) is 1.04. The first-order valence-corrected chi connectivity index (χ1v) is 7.64. The Morgan fingerprint density at radius 1 is 1.38 bits per heavy atom. The highest BCUT2D eigenvalue weighted by Crippen LogP contribution is 2.24. The summed E-state index contributed by atoms with van der Waals surface area (Å²) in [6.07, 6.45) is 3.56. The molecule has 2 aromatic heterocycles. The van der Waals surface area contributed by atoms with E-state index in [0.717, 1.165) is 56.2 Å². The fourth-order valence-corrected chi connectivity index (χ4v) is 2.96. The molecule has 3 heterocycles. The summed E-state index contributed by atoms with van der Waals surface area (Å²) in [7, 11) is 0. The van der Waals surface area contributed by atoms with Crippen LogP contribution >= 0.6 is 0 Å². The smallest absolute Gasteiger partial charge is 0.142 e. The minimum absolute atomic E-state index is 0.503. The number of rotatable bonds is 5. The number of hydrogen-bond acceptors (Lipinski definition) is 5. The van der Waals surface area contributed by atoms with E-state index in [9.17, 15) is 0 Å². The van der Waals surface area contributed by atoms with Crippen molar-refractivity contribution < 1.29 is 4.74 Å². The van der Waals surface area contributed by atoms with Gasteiger partial charge >= 0.3 is 0 Å². The summed E-state index contributed by atoms with van der Waals surface area (Å²) in [6.45, 7) is 9.96. The Bertz CT molecular complexity index is 584. The average molecular weight is 289 g/mol. The van der Waals surface area contributed by atoms with E-state index in [1.807, 2.05) is 13.1 Å². The Morgan fingerprint density at radius 3 is 3.10 bits per heavy atom. The lowest BCUT2D eigenvalue weighted by atomic mass is 10.2. The molecule has 6 nitrogen and oxygen atoms in total. The van der Waals surface area contributed by atoms with Crippen molar-refractivity contribution in [3.63, 3.8) is 0 Å². The molecule has 1 saturated heterocycles. The predicted molar refractivity (Wildman–Crippen MR) is 83.6 cm³/mol. The van der Waals surface area contributed by atoms with Crippen LogP contribution in [0.5, 0.6) is 0 Å². The molecule has 1 aliphatic heterocycles. The van der Waals surface area contributed by atoms with Crippen LogP contribution in [0.2, 0.25) is 0 Å². The van der Waals surface area contributed by atoms with Gasteiger partial charge in [-0.2, -0.15) is 0 Å². The second-order valence-corrected chi connectivity index (χ2v) is 5.47. The van der Waals surface area contributed by atoms with Crippen molar-refractivity contribution in [2.24, 2.45) is 0 Å². The standard InChI is InChI=1S/C15H23N5O/c1-3-21-9-8-19-6-7-20(10-12(19)2)15-13-4-5-16-14(13)17-11-18-15/h4-5,11-12H,3,6-10H2,1-2H3,(H,16,17,18)/t12-/m1/s1. The van der Waals surface area contributed by atoms with Gasteiger partial charge in [-0.1, -0.05) is 0 Å². The zero-order chi connectivity index (χ0) is 14.7. The van der Waals surface area contributed by atoms with Gasteiger partial charge in [0.25, 0.3) is 0 Å². The molecule has 1 N–H and O–H groups in total. The summed E-state index contributed by atoms with van der Waals surface area (Å²) in [4.78, 5) is 16.7. The van der Waals surface area contributed by atoms with Crippen LogP contribution in [0.1, 0.15) is 13.8 Å². The molecule has 1 fully saturated rings. The minimum Gasteiger partial charge on any atom is -0.380 e. The van der Waals surface area contributed by atoms with Crippen molar-refractivity contribution in [1.82, 2.24) is 19.9 Å². The molecule has 0 saturated carbocycles. The van der Waals surface area contributed by atoms with Gasteiger partial charge in [-0.25, -0.2) is 9.97 Å². The first kappa shape index (κ1) is 14.3. The van der Waals surface area contributed by atoms with Gasteiger partial charge in [-0.05, 0) is 19.9 Å². The molecular formula is C15H23N5O. The van der Waals surface area contributed by atoms with Crippen LogP contribution in [0.15, 0.2) is 18.6 Å². The van der Waals surface area contributed by atoms with Crippen molar-refractivity contribution in [3.05, 3.63) is 18.6 Å². The van der Waals surface area contributed by atoms with Gasteiger partial charge in [-0.3, -0.25) is 4.90 Å². The molecule has 3 rings (SSSR count). The SMILES string of the molecule is CCOCCN1CCN(c2ncnc3[nH]ccc23)C[C@H]1C. The molecule has 0 unspecified atom stereocenters. The number of ether oxygens (including phenoxy) is 1. The van der Waals surface area contributed by atoms with Crippen LogP contribution in [-0.2, 0) is 4.74 Å². The lowest BCUT2D eigenvalue weighted by Crippen LogP contribution is -2.53. The van der Waals surface area contributed by atoms with Crippen molar-refractivity contribution in [2.75, 3.05) is 44.3 Å². The van der Waals surface area contributed by atoms with E-state index < -0.39 is 0 Å². The first-order valence-electron chi connectivity index (χ1n) is 7.64. The van der Waals surface area contributed by atoms with E-state index in [4.69, 9.17) is 4.74 Å². The second kappa shape index (κ2) is 6.41. The van der Waals surface area contributed by atoms with E-state index in [1.54, 1.807) is 6.33 Å². The van der Waals surface area contributed by atoms with E-state index in [-0.39, 0.29) is 0 Å². The molecule has 0 aromatic carbocycles. The number of nitrogens with zero attached hydrogens (tertiary/aromatic N) is 4. The molecule has 0 spiro atoms. The van der Waals surface area contributed by atoms with Crippen molar-refractivity contribution in [2.45, 2.75) is 19.9 Å². The van der Waals surface area contributed by atoms with E-state index in [1.165, 1.54) is 0 Å². The van der Waals surface area contributed by atoms with Gasteiger partial charge < -0.3 is 14.6 Å². The van der Waals surface area contributed by atoms with E-state index in [2.05, 4.69) is 37.7 Å². The topological polar surface area (TPSA) is 57.3 Å². The fraction of sp³-hybridized carbons (Fsp3) is 0.600. The average Bonchev–Trinajstić information content (AvgIpc) is 2.97. The van der Waals surface area contributed by atoms with Crippen molar-refractivity contribution in [1.29, 1.82) is 0 Å². The molecule has 21 heavy (non-hydrogen) atoms. The summed E-state index contributed by atoms with van der Waals surface area (Å²) >= 11 is 0. The largest absolute Gasteiger partial charge is 0.380 e. The van der Waals surface area contributed by atoms with Crippen LogP contribution in [0.25, 0.3) is 11.0 Å². The Morgan fingerprint density at radius 2 is 2.29 bits per heavy atom. The van der Waals surface area contributed by atoms with Gasteiger partial charge in [0.1, 0.15) is 17.8 Å².